The van der Waals surface area contributed by atoms with Crippen LogP contribution >= 0.6 is 11.6 Å². The van der Waals surface area contributed by atoms with Gasteiger partial charge in [0.1, 0.15) is 23.4 Å². The van der Waals surface area contributed by atoms with Crippen LogP contribution in [0.2, 0.25) is 0 Å². The Morgan fingerprint density at radius 2 is 1.97 bits per heavy atom. The number of esters is 1. The Balaban J connectivity index is 1.46. The highest BCUT2D eigenvalue weighted by Gasteiger charge is 2.35. The minimum atomic E-state index is -1.47. The molecule has 0 bridgehead atoms. The lowest BCUT2D eigenvalue weighted by Crippen LogP contribution is -2.33. The van der Waals surface area contributed by atoms with Gasteiger partial charge >= 0.3 is 11.9 Å². The number of carboxylic acids is 1. The van der Waals surface area contributed by atoms with Crippen molar-refractivity contribution in [2.45, 2.75) is 12.0 Å². The Kier molecular flexibility index (Phi) is 7.84. The Labute approximate surface area is 216 Å². The summed E-state index contributed by atoms with van der Waals surface area (Å²) in [5, 5.41) is 22.6. The maximum Gasteiger partial charge on any atom is 0.341 e. The van der Waals surface area contributed by atoms with Crippen molar-refractivity contribution >= 4 is 40.1 Å². The molecule has 3 aromatic rings. The smallest absolute Gasteiger partial charge is 0.341 e. The maximum absolute atomic E-state index is 15.2. The average Bonchev–Trinajstić information content (AvgIpc) is 3.23. The van der Waals surface area contributed by atoms with Gasteiger partial charge in [-0.15, -0.1) is 11.6 Å². The van der Waals surface area contributed by atoms with Gasteiger partial charge in [-0.2, -0.15) is 0 Å². The second-order valence-corrected chi connectivity index (χ2v) is 9.24. The standard InChI is InChI=1S/C25H26ClFN4O6/c1-28-31-11-17(25(35)36)23(33)16-7-19(27)22(24(34)21(16)31)30-10-15(18(26)12-30)8-29-9-20(32)37-13-14-5-3-2-4-6-14/h2-7,11,15,18,28-29,34H,8-10,12-13H2,1H3,(H,35,36). The molecule has 1 aliphatic heterocycles. The second-order valence-electron chi connectivity index (χ2n) is 8.68. The van der Waals surface area contributed by atoms with Crippen molar-refractivity contribution in [1.82, 2.24) is 9.99 Å². The van der Waals surface area contributed by atoms with Gasteiger partial charge in [0.2, 0.25) is 5.43 Å². The predicted octanol–water partition coefficient (Wildman–Crippen LogP) is 2.09. The fraction of sp³-hybridized carbons (Fsp3) is 0.320. The molecule has 1 aromatic heterocycles. The first-order chi connectivity index (χ1) is 17.7. The minimum Gasteiger partial charge on any atom is -0.504 e. The van der Waals surface area contributed by atoms with E-state index in [0.717, 1.165) is 22.5 Å². The number of benzene rings is 2. The topological polar surface area (TPSA) is 133 Å². The summed E-state index contributed by atoms with van der Waals surface area (Å²) in [4.78, 5) is 37.6. The quantitative estimate of drug-likeness (QED) is 0.241. The largest absolute Gasteiger partial charge is 0.504 e. The third-order valence-corrected chi connectivity index (χ3v) is 6.75. The normalized spacial score (nSPS) is 17.2. The number of alkyl halides is 1. The maximum atomic E-state index is 15.2. The molecule has 37 heavy (non-hydrogen) atoms. The van der Waals surface area contributed by atoms with Crippen molar-refractivity contribution in [2.75, 3.05) is 43.6 Å². The lowest BCUT2D eigenvalue weighted by Gasteiger charge is -2.23. The Morgan fingerprint density at radius 1 is 1.24 bits per heavy atom. The molecule has 2 aromatic carbocycles. The number of ether oxygens (including phenoxy) is 1. The van der Waals surface area contributed by atoms with Crippen molar-refractivity contribution in [3.8, 4) is 5.75 Å². The fourth-order valence-electron chi connectivity index (χ4n) is 4.42. The number of rotatable bonds is 9. The summed E-state index contributed by atoms with van der Waals surface area (Å²) >= 11 is 6.51. The third-order valence-electron chi connectivity index (χ3n) is 6.26. The number of phenols is 1. The van der Waals surface area contributed by atoms with Gasteiger partial charge in [-0.1, -0.05) is 30.3 Å². The molecule has 0 amide bonds. The Morgan fingerprint density at radius 3 is 2.65 bits per heavy atom. The van der Waals surface area contributed by atoms with E-state index in [4.69, 9.17) is 16.3 Å². The Hall–Kier alpha value is -3.83. The molecule has 196 valence electrons. The summed E-state index contributed by atoms with van der Waals surface area (Å²) in [7, 11) is 1.47. The van der Waals surface area contributed by atoms with E-state index in [2.05, 4.69) is 10.7 Å². The van der Waals surface area contributed by atoms with Crippen molar-refractivity contribution < 1.29 is 28.9 Å². The number of nitrogens with zero attached hydrogens (tertiary/aromatic N) is 2. The number of aromatic hydroxyl groups is 1. The van der Waals surface area contributed by atoms with Crippen LogP contribution in [0.4, 0.5) is 10.1 Å². The molecule has 0 spiro atoms. The van der Waals surface area contributed by atoms with Gasteiger partial charge in [-0.3, -0.25) is 14.3 Å². The van der Waals surface area contributed by atoms with Crippen LogP contribution in [0.5, 0.6) is 5.75 Å². The van der Waals surface area contributed by atoms with E-state index in [-0.39, 0.29) is 48.7 Å². The number of pyridine rings is 1. The Bertz CT molecular complexity index is 1380. The zero-order chi connectivity index (χ0) is 26.7. The van der Waals surface area contributed by atoms with Crippen LogP contribution < -0.4 is 21.1 Å². The highest BCUT2D eigenvalue weighted by Crippen LogP contribution is 2.40. The number of halogens is 2. The van der Waals surface area contributed by atoms with E-state index in [9.17, 15) is 24.6 Å². The first-order valence-electron chi connectivity index (χ1n) is 11.5. The van der Waals surface area contributed by atoms with Crippen LogP contribution in [-0.4, -0.2) is 65.4 Å². The molecule has 0 aliphatic carbocycles. The summed E-state index contributed by atoms with van der Waals surface area (Å²) in [5.74, 6) is -3.47. The summed E-state index contributed by atoms with van der Waals surface area (Å²) in [6.45, 7) is 0.975. The number of phenolic OH excluding ortho intramolecular Hbond substituents is 1. The van der Waals surface area contributed by atoms with Gasteiger partial charge in [0.05, 0.1) is 17.3 Å². The first-order valence-corrected chi connectivity index (χ1v) is 12.0. The average molecular weight is 533 g/mol. The fourth-order valence-corrected chi connectivity index (χ4v) is 4.75. The van der Waals surface area contributed by atoms with Crippen LogP contribution in [0.3, 0.4) is 0 Å². The number of hydrogen-bond donors (Lipinski definition) is 4. The zero-order valence-electron chi connectivity index (χ0n) is 19.9. The van der Waals surface area contributed by atoms with E-state index in [1.54, 1.807) is 4.90 Å². The SMILES string of the molecule is CNn1cc(C(=O)O)c(=O)c2cc(F)c(N3CC(Cl)C(CNCC(=O)OCc4ccccc4)C3)c(O)c21. The van der Waals surface area contributed by atoms with Crippen molar-refractivity contribution in [1.29, 1.82) is 0 Å². The second kappa shape index (κ2) is 11.1. The number of carbonyl (C=O) groups excluding carboxylic acids is 1. The lowest BCUT2D eigenvalue weighted by atomic mass is 10.1. The third kappa shape index (κ3) is 5.47. The highest BCUT2D eigenvalue weighted by molar-refractivity contribution is 6.21. The molecule has 0 radical (unpaired) electrons. The first kappa shape index (κ1) is 26.2. The summed E-state index contributed by atoms with van der Waals surface area (Å²) in [5.41, 5.74) is 1.89. The minimum absolute atomic E-state index is 0.0249. The van der Waals surface area contributed by atoms with Crippen LogP contribution in [0.1, 0.15) is 15.9 Å². The number of fused-ring (bicyclic) bond motifs is 1. The molecule has 2 atom stereocenters. The van der Waals surface area contributed by atoms with E-state index in [1.165, 1.54) is 7.05 Å². The molecule has 0 saturated carbocycles. The summed E-state index contributed by atoms with van der Waals surface area (Å²) < 4.78 is 21.6. The van der Waals surface area contributed by atoms with E-state index >= 15 is 4.39 Å². The zero-order valence-corrected chi connectivity index (χ0v) is 20.7. The monoisotopic (exact) mass is 532 g/mol. The molecule has 2 unspecified atom stereocenters. The van der Waals surface area contributed by atoms with E-state index in [0.29, 0.717) is 6.54 Å². The molecule has 10 nitrogen and oxygen atoms in total. The van der Waals surface area contributed by atoms with Gasteiger partial charge in [-0.05, 0) is 11.6 Å². The van der Waals surface area contributed by atoms with Gasteiger partial charge < -0.3 is 30.6 Å². The highest BCUT2D eigenvalue weighted by atomic mass is 35.5. The molecule has 4 N–H and O–H groups in total. The molecule has 4 rings (SSSR count). The van der Waals surface area contributed by atoms with E-state index < -0.39 is 39.9 Å². The molecular weight excluding hydrogens is 507 g/mol. The lowest BCUT2D eigenvalue weighted by molar-refractivity contribution is -0.143. The predicted molar refractivity (Wildman–Crippen MR) is 137 cm³/mol. The van der Waals surface area contributed by atoms with Crippen molar-refractivity contribution in [3.63, 3.8) is 0 Å². The summed E-state index contributed by atoms with van der Waals surface area (Å²) in [6.07, 6.45) is 1.03. The number of anilines is 1. The molecule has 1 saturated heterocycles. The van der Waals surface area contributed by atoms with Gasteiger partial charge in [0, 0.05) is 38.8 Å². The number of aromatic carboxylic acids is 1. The van der Waals surface area contributed by atoms with Gasteiger partial charge in [0.15, 0.2) is 11.6 Å². The van der Waals surface area contributed by atoms with Gasteiger partial charge in [0.25, 0.3) is 0 Å². The van der Waals surface area contributed by atoms with Crippen LogP contribution in [0.15, 0.2) is 47.4 Å². The van der Waals surface area contributed by atoms with Crippen molar-refractivity contribution in [3.05, 3.63) is 69.8 Å². The van der Waals surface area contributed by atoms with Crippen LogP contribution in [-0.2, 0) is 16.1 Å². The number of hydrogen-bond acceptors (Lipinski definition) is 8. The number of nitrogens with one attached hydrogen (secondary N) is 2. The van der Waals surface area contributed by atoms with Crippen molar-refractivity contribution in [2.24, 2.45) is 5.92 Å². The van der Waals surface area contributed by atoms with Crippen LogP contribution in [0, 0.1) is 11.7 Å². The molecule has 2 heterocycles. The number of carbonyl (C=O) groups is 2. The molecule has 1 aliphatic rings. The molecular formula is C25H26ClFN4O6. The molecule has 1 fully saturated rings. The molecule has 12 heteroatoms. The van der Waals surface area contributed by atoms with Crippen LogP contribution in [0.25, 0.3) is 10.9 Å². The number of carboxylic acid groups (broad SMARTS) is 1. The van der Waals surface area contributed by atoms with Gasteiger partial charge in [-0.25, -0.2) is 9.18 Å². The van der Waals surface area contributed by atoms with E-state index in [1.807, 2.05) is 30.3 Å². The summed E-state index contributed by atoms with van der Waals surface area (Å²) in [6, 6.07) is 10.2. The number of aromatic nitrogens is 1.